The molecule has 7 unspecified atom stereocenters. The van der Waals surface area contributed by atoms with E-state index in [2.05, 4.69) is 0 Å². The molecule has 3 aliphatic heterocycles. The Morgan fingerprint density at radius 2 is 1.91 bits per heavy atom. The first kappa shape index (κ1) is 24.0. The van der Waals surface area contributed by atoms with Crippen molar-refractivity contribution in [3.8, 4) is 0 Å². The van der Waals surface area contributed by atoms with Crippen LogP contribution >= 0.6 is 0 Å². The minimum absolute atomic E-state index is 0.442. The van der Waals surface area contributed by atoms with Crippen LogP contribution in [0, 0.1) is 34.0 Å². The standard InChI is InChI=1S/C24H34O10/c1-10(17(26)30-7)12-8-9-22-15-13(31-11(2)25)14(21(3,4)5)23(22)16(29-6)18(27)33-20(23)34-24(12,22)19(28)32-15/h10,12-16,18,20,27H,8-9H2,1-7H3/t10?,12-,13-,14+,15?,16+,18?,20?,22?,23?,24?/m1/s1. The lowest BCUT2D eigenvalue weighted by molar-refractivity contribution is -0.238. The van der Waals surface area contributed by atoms with E-state index in [0.29, 0.717) is 12.8 Å². The molecule has 1 N–H and O–H groups in total. The largest absolute Gasteiger partial charge is 0.469 e. The summed E-state index contributed by atoms with van der Waals surface area (Å²) >= 11 is 0. The Hall–Kier alpha value is -1.75. The quantitative estimate of drug-likeness (QED) is 0.461. The fraction of sp³-hybridized carbons (Fsp3) is 0.875. The van der Waals surface area contributed by atoms with Crippen molar-refractivity contribution in [3.05, 3.63) is 0 Å². The first-order valence-corrected chi connectivity index (χ1v) is 11.9. The van der Waals surface area contributed by atoms with Crippen molar-refractivity contribution in [2.45, 2.75) is 84.0 Å². The van der Waals surface area contributed by atoms with Crippen LogP contribution in [0.4, 0.5) is 0 Å². The lowest BCUT2D eigenvalue weighted by atomic mass is 9.51. The van der Waals surface area contributed by atoms with Crippen LogP contribution < -0.4 is 0 Å². The molecule has 2 saturated carbocycles. The minimum Gasteiger partial charge on any atom is -0.469 e. The SMILES string of the molecule is COC(=O)C(C)[C@H]1CCC23C4OC(=O)C12OC1OC(O)[C@H](OC)C13[C@H](C(C)(C)C)[C@H]4OC(C)=O. The molecule has 3 heterocycles. The zero-order valence-electron chi connectivity index (χ0n) is 20.7. The zero-order valence-corrected chi connectivity index (χ0v) is 20.7. The Kier molecular flexibility index (Phi) is 5.04. The lowest BCUT2D eigenvalue weighted by Crippen LogP contribution is -2.60. The van der Waals surface area contributed by atoms with Gasteiger partial charge in [-0.1, -0.05) is 27.7 Å². The van der Waals surface area contributed by atoms with Gasteiger partial charge in [0.1, 0.15) is 18.3 Å². The smallest absolute Gasteiger partial charge is 0.340 e. The molecule has 3 saturated heterocycles. The third-order valence-electron chi connectivity index (χ3n) is 9.31. The predicted octanol–water partition coefficient (Wildman–Crippen LogP) is 1.17. The fourth-order valence-electron chi connectivity index (χ4n) is 8.75. The molecule has 0 aromatic carbocycles. The first-order valence-electron chi connectivity index (χ1n) is 11.9. The van der Waals surface area contributed by atoms with Gasteiger partial charge in [-0.15, -0.1) is 0 Å². The van der Waals surface area contributed by atoms with E-state index in [4.69, 9.17) is 28.4 Å². The first-order chi connectivity index (χ1) is 15.9. The molecule has 10 nitrogen and oxygen atoms in total. The third kappa shape index (κ3) is 2.34. The topological polar surface area (TPSA) is 127 Å². The summed E-state index contributed by atoms with van der Waals surface area (Å²) in [6.07, 6.45) is -3.88. The van der Waals surface area contributed by atoms with Crippen LogP contribution in [0.2, 0.25) is 0 Å². The summed E-state index contributed by atoms with van der Waals surface area (Å²) in [5.74, 6) is -3.18. The maximum atomic E-state index is 13.8. The summed E-state index contributed by atoms with van der Waals surface area (Å²) in [4.78, 5) is 38.6. The molecule has 190 valence electrons. The van der Waals surface area contributed by atoms with Crippen molar-refractivity contribution in [2.75, 3.05) is 14.2 Å². The normalized spacial score (nSPS) is 49.3. The second kappa shape index (κ2) is 7.15. The van der Waals surface area contributed by atoms with Crippen LogP contribution in [-0.2, 0) is 42.8 Å². The van der Waals surface area contributed by atoms with Gasteiger partial charge in [0.05, 0.1) is 23.9 Å². The molecule has 0 aromatic rings. The number of aliphatic hydroxyl groups is 1. The second-order valence-electron chi connectivity index (χ2n) is 11.5. The Morgan fingerprint density at radius 3 is 2.47 bits per heavy atom. The zero-order chi connectivity index (χ0) is 25.0. The molecule has 5 fully saturated rings. The summed E-state index contributed by atoms with van der Waals surface area (Å²) in [7, 11) is 2.80. The van der Waals surface area contributed by atoms with Gasteiger partial charge in [0.15, 0.2) is 18.2 Å². The van der Waals surface area contributed by atoms with Crippen molar-refractivity contribution in [2.24, 2.45) is 34.0 Å². The average molecular weight is 483 g/mol. The molecular weight excluding hydrogens is 448 g/mol. The Morgan fingerprint density at radius 1 is 1.24 bits per heavy atom. The summed E-state index contributed by atoms with van der Waals surface area (Å²) in [6.45, 7) is 9.09. The minimum atomic E-state index is -1.52. The molecule has 2 aliphatic carbocycles. The van der Waals surface area contributed by atoms with Crippen molar-refractivity contribution in [1.29, 1.82) is 0 Å². The van der Waals surface area contributed by atoms with Crippen LogP contribution in [-0.4, -0.2) is 73.7 Å². The van der Waals surface area contributed by atoms with E-state index in [0.717, 1.165) is 0 Å². The summed E-state index contributed by atoms with van der Waals surface area (Å²) in [6, 6.07) is 0. The maximum absolute atomic E-state index is 13.8. The second-order valence-corrected chi connectivity index (χ2v) is 11.5. The van der Waals surface area contributed by atoms with Gasteiger partial charge in [-0.3, -0.25) is 9.59 Å². The highest BCUT2D eigenvalue weighted by Gasteiger charge is 2.97. The van der Waals surface area contributed by atoms with E-state index in [-0.39, 0.29) is 0 Å². The molecule has 11 atom stereocenters. The van der Waals surface area contributed by atoms with Crippen LogP contribution in [0.3, 0.4) is 0 Å². The molecule has 2 spiro atoms. The predicted molar refractivity (Wildman–Crippen MR) is 113 cm³/mol. The van der Waals surface area contributed by atoms with E-state index in [9.17, 15) is 19.5 Å². The van der Waals surface area contributed by atoms with Crippen molar-refractivity contribution >= 4 is 17.9 Å². The van der Waals surface area contributed by atoms with Gasteiger partial charge < -0.3 is 33.5 Å². The van der Waals surface area contributed by atoms with Gasteiger partial charge in [0, 0.05) is 25.9 Å². The number of aliphatic hydroxyl groups excluding tert-OH is 1. The van der Waals surface area contributed by atoms with E-state index in [1.165, 1.54) is 21.1 Å². The highest BCUT2D eigenvalue weighted by atomic mass is 16.8. The number of methoxy groups -OCH3 is 2. The van der Waals surface area contributed by atoms with E-state index >= 15 is 0 Å². The molecule has 0 bridgehead atoms. The molecule has 5 rings (SSSR count). The molecule has 34 heavy (non-hydrogen) atoms. The Balaban J connectivity index is 1.80. The summed E-state index contributed by atoms with van der Waals surface area (Å²) in [5.41, 5.74) is -4.11. The van der Waals surface area contributed by atoms with Crippen LogP contribution in [0.25, 0.3) is 0 Å². The van der Waals surface area contributed by atoms with Crippen LogP contribution in [0.15, 0.2) is 0 Å². The van der Waals surface area contributed by atoms with Gasteiger partial charge in [0.2, 0.25) is 0 Å². The average Bonchev–Trinajstić information content (AvgIpc) is 3.41. The van der Waals surface area contributed by atoms with Gasteiger partial charge in [-0.25, -0.2) is 4.79 Å². The van der Waals surface area contributed by atoms with Gasteiger partial charge in [-0.2, -0.15) is 0 Å². The number of hydrogen-bond donors (Lipinski definition) is 1. The number of carbonyl (C=O) groups is 3. The fourth-order valence-corrected chi connectivity index (χ4v) is 8.75. The molecular formula is C24H34O10. The number of carbonyl (C=O) groups excluding carboxylic acids is 3. The van der Waals surface area contributed by atoms with Crippen molar-refractivity contribution in [3.63, 3.8) is 0 Å². The molecule has 0 aromatic heterocycles. The Labute approximate surface area is 198 Å². The van der Waals surface area contributed by atoms with E-state index < -0.39 is 88.4 Å². The maximum Gasteiger partial charge on any atom is 0.340 e. The molecule has 0 amide bonds. The highest BCUT2D eigenvalue weighted by Crippen LogP contribution is 2.84. The number of rotatable bonds is 4. The molecule has 10 heteroatoms. The molecule has 0 radical (unpaired) electrons. The van der Waals surface area contributed by atoms with Crippen molar-refractivity contribution < 1.29 is 47.9 Å². The number of ether oxygens (including phenoxy) is 6. The summed E-state index contributed by atoms with van der Waals surface area (Å²) < 4.78 is 35.4. The van der Waals surface area contributed by atoms with Gasteiger partial charge >= 0.3 is 17.9 Å². The van der Waals surface area contributed by atoms with Crippen molar-refractivity contribution in [1.82, 2.24) is 0 Å². The third-order valence-corrected chi connectivity index (χ3v) is 9.31. The number of esters is 3. The monoisotopic (exact) mass is 482 g/mol. The Bertz CT molecular complexity index is 927. The van der Waals surface area contributed by atoms with Crippen LogP contribution in [0.5, 0.6) is 0 Å². The number of hydrogen-bond acceptors (Lipinski definition) is 10. The van der Waals surface area contributed by atoms with E-state index in [1.807, 2.05) is 20.8 Å². The molecule has 5 aliphatic rings. The highest BCUT2D eigenvalue weighted by molar-refractivity contribution is 5.88. The lowest BCUT2D eigenvalue weighted by Gasteiger charge is -2.48. The van der Waals surface area contributed by atoms with Gasteiger partial charge in [-0.05, 0) is 18.3 Å². The van der Waals surface area contributed by atoms with Crippen LogP contribution in [0.1, 0.15) is 47.5 Å². The van der Waals surface area contributed by atoms with E-state index in [1.54, 1.807) is 6.92 Å². The summed E-state index contributed by atoms with van der Waals surface area (Å²) in [5, 5.41) is 10.9. The van der Waals surface area contributed by atoms with Gasteiger partial charge in [0.25, 0.3) is 0 Å².